The molecule has 4 heteroatoms. The van der Waals surface area contributed by atoms with E-state index in [1.807, 2.05) is 7.05 Å². The zero-order chi connectivity index (χ0) is 12.0. The molecular formula is C12H25N3O. The predicted octanol–water partition coefficient (Wildman–Crippen LogP) is 0.585. The van der Waals surface area contributed by atoms with Gasteiger partial charge < -0.3 is 10.6 Å². The second-order valence-electron chi connectivity index (χ2n) is 4.77. The van der Waals surface area contributed by atoms with Crippen molar-refractivity contribution in [3.63, 3.8) is 0 Å². The Hall–Kier alpha value is -0.610. The van der Waals surface area contributed by atoms with Crippen molar-refractivity contribution in [2.24, 2.45) is 0 Å². The molecule has 0 saturated carbocycles. The molecule has 0 aromatic carbocycles. The van der Waals surface area contributed by atoms with Crippen molar-refractivity contribution in [2.75, 3.05) is 26.7 Å². The van der Waals surface area contributed by atoms with Crippen LogP contribution in [0.5, 0.6) is 0 Å². The van der Waals surface area contributed by atoms with Crippen LogP contribution < -0.4 is 10.6 Å². The maximum atomic E-state index is 11.7. The Labute approximate surface area is 98.8 Å². The first-order valence-electron chi connectivity index (χ1n) is 6.34. The summed E-state index contributed by atoms with van der Waals surface area (Å²) in [6, 6.07) is 0.862. The molecule has 0 radical (unpaired) electrons. The molecule has 1 amide bonds. The van der Waals surface area contributed by atoms with Crippen molar-refractivity contribution in [1.29, 1.82) is 0 Å². The van der Waals surface area contributed by atoms with Gasteiger partial charge in [0.2, 0.25) is 5.91 Å². The number of likely N-dealkylation sites (N-methyl/N-ethyl adjacent to an activating group) is 1. The van der Waals surface area contributed by atoms with Gasteiger partial charge in [-0.2, -0.15) is 0 Å². The van der Waals surface area contributed by atoms with Crippen LogP contribution in [0, 0.1) is 0 Å². The SMILES string of the molecule is CCCC(C)NC(=O)CN1CCC(NC)C1. The van der Waals surface area contributed by atoms with E-state index in [1.165, 1.54) is 0 Å². The highest BCUT2D eigenvalue weighted by Crippen LogP contribution is 2.07. The van der Waals surface area contributed by atoms with E-state index in [-0.39, 0.29) is 5.91 Å². The number of amides is 1. The van der Waals surface area contributed by atoms with E-state index in [9.17, 15) is 4.79 Å². The molecule has 1 aliphatic rings. The van der Waals surface area contributed by atoms with Gasteiger partial charge in [-0.3, -0.25) is 9.69 Å². The summed E-state index contributed by atoms with van der Waals surface area (Å²) in [5, 5.41) is 6.29. The van der Waals surface area contributed by atoms with Gasteiger partial charge >= 0.3 is 0 Å². The molecule has 1 heterocycles. The van der Waals surface area contributed by atoms with E-state index in [2.05, 4.69) is 29.4 Å². The fourth-order valence-electron chi connectivity index (χ4n) is 2.24. The lowest BCUT2D eigenvalue weighted by molar-refractivity contribution is -0.122. The van der Waals surface area contributed by atoms with Crippen LogP contribution in [-0.2, 0) is 4.79 Å². The normalized spacial score (nSPS) is 23.3. The highest BCUT2D eigenvalue weighted by Gasteiger charge is 2.22. The minimum absolute atomic E-state index is 0.165. The summed E-state index contributed by atoms with van der Waals surface area (Å²) in [6.07, 6.45) is 3.33. The third-order valence-corrected chi connectivity index (χ3v) is 3.18. The van der Waals surface area contributed by atoms with E-state index in [0.29, 0.717) is 18.6 Å². The lowest BCUT2D eigenvalue weighted by atomic mass is 10.2. The molecule has 1 aliphatic heterocycles. The third-order valence-electron chi connectivity index (χ3n) is 3.18. The Balaban J connectivity index is 2.19. The van der Waals surface area contributed by atoms with E-state index >= 15 is 0 Å². The minimum Gasteiger partial charge on any atom is -0.353 e. The summed E-state index contributed by atoms with van der Waals surface area (Å²) in [5.74, 6) is 0.165. The molecule has 0 bridgehead atoms. The van der Waals surface area contributed by atoms with E-state index in [4.69, 9.17) is 0 Å². The molecule has 2 atom stereocenters. The minimum atomic E-state index is 0.165. The monoisotopic (exact) mass is 227 g/mol. The number of carbonyl (C=O) groups excluding carboxylic acids is 1. The summed E-state index contributed by atoms with van der Waals surface area (Å²) < 4.78 is 0. The molecule has 94 valence electrons. The second-order valence-corrected chi connectivity index (χ2v) is 4.77. The third kappa shape index (κ3) is 4.49. The lowest BCUT2D eigenvalue weighted by Crippen LogP contribution is -2.41. The van der Waals surface area contributed by atoms with Gasteiger partial charge in [0.1, 0.15) is 0 Å². The number of nitrogens with zero attached hydrogens (tertiary/aromatic N) is 1. The van der Waals surface area contributed by atoms with Gasteiger partial charge in [0.15, 0.2) is 0 Å². The fourth-order valence-corrected chi connectivity index (χ4v) is 2.24. The van der Waals surface area contributed by atoms with Crippen LogP contribution in [0.1, 0.15) is 33.1 Å². The van der Waals surface area contributed by atoms with Crippen molar-refractivity contribution in [2.45, 2.75) is 45.2 Å². The Morgan fingerprint density at radius 1 is 1.56 bits per heavy atom. The Kier molecular flexibility index (Phi) is 5.77. The van der Waals surface area contributed by atoms with Gasteiger partial charge in [0.25, 0.3) is 0 Å². The van der Waals surface area contributed by atoms with Gasteiger partial charge in [-0.05, 0) is 26.8 Å². The average Bonchev–Trinajstić information content (AvgIpc) is 2.65. The molecule has 1 fully saturated rings. The molecular weight excluding hydrogens is 202 g/mol. The van der Waals surface area contributed by atoms with Crippen molar-refractivity contribution in [1.82, 2.24) is 15.5 Å². The van der Waals surface area contributed by atoms with E-state index < -0.39 is 0 Å². The molecule has 16 heavy (non-hydrogen) atoms. The van der Waals surface area contributed by atoms with Gasteiger partial charge in [0, 0.05) is 25.2 Å². The van der Waals surface area contributed by atoms with Crippen molar-refractivity contribution in [3.05, 3.63) is 0 Å². The van der Waals surface area contributed by atoms with Crippen LogP contribution in [0.25, 0.3) is 0 Å². The van der Waals surface area contributed by atoms with Gasteiger partial charge in [-0.1, -0.05) is 13.3 Å². The molecule has 4 nitrogen and oxygen atoms in total. The highest BCUT2D eigenvalue weighted by atomic mass is 16.2. The fraction of sp³-hybridized carbons (Fsp3) is 0.917. The molecule has 0 aromatic rings. The largest absolute Gasteiger partial charge is 0.353 e. The molecule has 0 aromatic heterocycles. The maximum Gasteiger partial charge on any atom is 0.234 e. The maximum absolute atomic E-state index is 11.7. The van der Waals surface area contributed by atoms with E-state index in [1.54, 1.807) is 0 Å². The van der Waals surface area contributed by atoms with Crippen LogP contribution in [-0.4, -0.2) is 49.6 Å². The van der Waals surface area contributed by atoms with Crippen molar-refractivity contribution >= 4 is 5.91 Å². The summed E-state index contributed by atoms with van der Waals surface area (Å²) in [4.78, 5) is 13.9. The zero-order valence-corrected chi connectivity index (χ0v) is 10.8. The van der Waals surface area contributed by atoms with Gasteiger partial charge in [-0.15, -0.1) is 0 Å². The molecule has 1 saturated heterocycles. The Morgan fingerprint density at radius 2 is 2.31 bits per heavy atom. The second kappa shape index (κ2) is 6.86. The van der Waals surface area contributed by atoms with Crippen LogP contribution in [0.3, 0.4) is 0 Å². The van der Waals surface area contributed by atoms with Crippen molar-refractivity contribution < 1.29 is 4.79 Å². The first-order valence-corrected chi connectivity index (χ1v) is 6.34. The predicted molar refractivity (Wildman–Crippen MR) is 66.4 cm³/mol. The summed E-state index contributed by atoms with van der Waals surface area (Å²) in [6.45, 7) is 6.78. The smallest absolute Gasteiger partial charge is 0.234 e. The molecule has 0 aliphatic carbocycles. The first kappa shape index (κ1) is 13.5. The summed E-state index contributed by atoms with van der Waals surface area (Å²) >= 11 is 0. The van der Waals surface area contributed by atoms with E-state index in [0.717, 1.165) is 32.4 Å². The first-order chi connectivity index (χ1) is 7.65. The number of likely N-dealkylation sites (tertiary alicyclic amines) is 1. The molecule has 2 unspecified atom stereocenters. The van der Waals surface area contributed by atoms with Crippen LogP contribution >= 0.6 is 0 Å². The summed E-state index contributed by atoms with van der Waals surface area (Å²) in [5.41, 5.74) is 0. The molecule has 1 rings (SSSR count). The standard InChI is InChI=1S/C12H25N3O/c1-4-5-10(2)14-12(16)9-15-7-6-11(8-15)13-3/h10-11,13H,4-9H2,1-3H3,(H,14,16). The van der Waals surface area contributed by atoms with Crippen molar-refractivity contribution in [3.8, 4) is 0 Å². The lowest BCUT2D eigenvalue weighted by Gasteiger charge is -2.18. The number of hydrogen-bond acceptors (Lipinski definition) is 3. The highest BCUT2D eigenvalue weighted by molar-refractivity contribution is 5.78. The van der Waals surface area contributed by atoms with Crippen LogP contribution in [0.4, 0.5) is 0 Å². The Bertz CT molecular complexity index is 220. The van der Waals surface area contributed by atoms with Gasteiger partial charge in [0.05, 0.1) is 6.54 Å². The molecule has 2 N–H and O–H groups in total. The molecule has 0 spiro atoms. The number of hydrogen-bond donors (Lipinski definition) is 2. The van der Waals surface area contributed by atoms with Crippen LogP contribution in [0.2, 0.25) is 0 Å². The average molecular weight is 227 g/mol. The summed E-state index contributed by atoms with van der Waals surface area (Å²) in [7, 11) is 1.98. The van der Waals surface area contributed by atoms with Crippen LogP contribution in [0.15, 0.2) is 0 Å². The topological polar surface area (TPSA) is 44.4 Å². The number of rotatable bonds is 6. The quantitative estimate of drug-likeness (QED) is 0.698. The Morgan fingerprint density at radius 3 is 2.88 bits per heavy atom. The van der Waals surface area contributed by atoms with Gasteiger partial charge in [-0.25, -0.2) is 0 Å². The number of carbonyl (C=O) groups is 1. The zero-order valence-electron chi connectivity index (χ0n) is 10.8. The number of nitrogens with one attached hydrogen (secondary N) is 2.